The maximum atomic E-state index is 12.2. The van der Waals surface area contributed by atoms with Gasteiger partial charge < -0.3 is 15.2 Å². The van der Waals surface area contributed by atoms with E-state index in [1.165, 1.54) is 30.9 Å². The summed E-state index contributed by atoms with van der Waals surface area (Å²) in [6, 6.07) is 7.22. The predicted molar refractivity (Wildman–Crippen MR) is 92.0 cm³/mol. The largest absolute Gasteiger partial charge is 0.480 e. The molecule has 2 rings (SSSR count). The van der Waals surface area contributed by atoms with Crippen LogP contribution in [0.15, 0.2) is 41.1 Å². The van der Waals surface area contributed by atoms with Gasteiger partial charge >= 0.3 is 5.97 Å². The highest BCUT2D eigenvalue weighted by Gasteiger charge is 2.30. The summed E-state index contributed by atoms with van der Waals surface area (Å²) in [6.45, 7) is 4.67. The van der Waals surface area contributed by atoms with Crippen LogP contribution in [-0.4, -0.2) is 32.9 Å². The van der Waals surface area contributed by atoms with E-state index in [-0.39, 0.29) is 5.91 Å². The van der Waals surface area contributed by atoms with Gasteiger partial charge in [-0.1, -0.05) is 12.1 Å². The van der Waals surface area contributed by atoms with Crippen LogP contribution in [0.3, 0.4) is 0 Å². The Morgan fingerprint density at radius 2 is 2.04 bits per heavy atom. The molecule has 0 bridgehead atoms. The molecule has 128 valence electrons. The van der Waals surface area contributed by atoms with Crippen LogP contribution in [0.1, 0.15) is 20.8 Å². The zero-order valence-electron chi connectivity index (χ0n) is 13.5. The van der Waals surface area contributed by atoms with Crippen LogP contribution in [0.2, 0.25) is 0 Å². The third-order valence-corrected chi connectivity index (χ3v) is 4.11. The number of hydrogen-bond acceptors (Lipinski definition) is 4. The van der Waals surface area contributed by atoms with E-state index in [4.69, 9.17) is 4.74 Å². The normalized spacial score (nSPS) is 12.5. The average molecular weight is 396 g/mol. The summed E-state index contributed by atoms with van der Waals surface area (Å²) in [7, 11) is 0. The number of carboxylic acids is 1. The Morgan fingerprint density at radius 1 is 1.38 bits per heavy atom. The molecule has 1 unspecified atom stereocenters. The minimum absolute atomic E-state index is 0.363. The maximum Gasteiger partial charge on any atom is 0.331 e. The van der Waals surface area contributed by atoms with Gasteiger partial charge in [0.25, 0.3) is 5.91 Å². The number of nitrogens with one attached hydrogen (secondary N) is 1. The number of para-hydroxylation sites is 1. The van der Waals surface area contributed by atoms with Gasteiger partial charge in [-0.25, -0.2) is 4.79 Å². The van der Waals surface area contributed by atoms with E-state index in [9.17, 15) is 14.7 Å². The summed E-state index contributed by atoms with van der Waals surface area (Å²) in [4.78, 5) is 23.4. The van der Waals surface area contributed by atoms with Crippen molar-refractivity contribution in [2.45, 2.75) is 32.4 Å². The summed E-state index contributed by atoms with van der Waals surface area (Å²) in [5.74, 6) is -0.824. The van der Waals surface area contributed by atoms with Gasteiger partial charge in [-0.05, 0) is 48.8 Å². The van der Waals surface area contributed by atoms with Crippen molar-refractivity contribution in [2.75, 3.05) is 5.32 Å². The van der Waals surface area contributed by atoms with Crippen molar-refractivity contribution in [2.24, 2.45) is 0 Å². The van der Waals surface area contributed by atoms with Crippen molar-refractivity contribution in [3.05, 3.63) is 41.1 Å². The van der Waals surface area contributed by atoms with E-state index < -0.39 is 17.6 Å². The molecule has 0 fully saturated rings. The predicted octanol–water partition coefficient (Wildman–Crippen LogP) is 2.87. The van der Waals surface area contributed by atoms with Gasteiger partial charge in [-0.15, -0.1) is 0 Å². The van der Waals surface area contributed by atoms with Gasteiger partial charge in [-0.2, -0.15) is 5.10 Å². The van der Waals surface area contributed by atoms with E-state index >= 15 is 0 Å². The third kappa shape index (κ3) is 3.94. The van der Waals surface area contributed by atoms with Crippen LogP contribution in [0.5, 0.6) is 5.75 Å². The van der Waals surface area contributed by atoms with Gasteiger partial charge in [0.05, 0.1) is 16.4 Å². The molecular formula is C16H18BrN3O4. The van der Waals surface area contributed by atoms with Gasteiger partial charge in [-0.3, -0.25) is 9.48 Å². The number of hydrogen-bond donors (Lipinski definition) is 2. The van der Waals surface area contributed by atoms with Crippen molar-refractivity contribution in [1.29, 1.82) is 0 Å². The second-order valence-electron chi connectivity index (χ2n) is 5.72. The summed E-state index contributed by atoms with van der Waals surface area (Å²) in [5, 5.41) is 15.8. The van der Waals surface area contributed by atoms with Gasteiger partial charge in [0, 0.05) is 6.20 Å². The summed E-state index contributed by atoms with van der Waals surface area (Å²) >= 11 is 3.35. The first-order chi connectivity index (χ1) is 11.2. The van der Waals surface area contributed by atoms with Crippen LogP contribution < -0.4 is 10.1 Å². The van der Waals surface area contributed by atoms with Crippen LogP contribution in [0.4, 0.5) is 5.69 Å². The highest BCUT2D eigenvalue weighted by Crippen LogP contribution is 2.25. The van der Waals surface area contributed by atoms with Gasteiger partial charge in [0.1, 0.15) is 5.75 Å². The number of halogens is 1. The molecule has 0 aliphatic rings. The third-order valence-electron chi connectivity index (χ3n) is 3.46. The first-order valence-electron chi connectivity index (χ1n) is 7.22. The summed E-state index contributed by atoms with van der Waals surface area (Å²) < 4.78 is 7.64. The SMILES string of the molecule is CC(Oc1ccccc1Br)C(=O)Nc1cnn(C(C)(C)C(=O)O)c1. The fourth-order valence-electron chi connectivity index (χ4n) is 1.82. The Hall–Kier alpha value is -2.35. The second-order valence-corrected chi connectivity index (χ2v) is 6.57. The first-order valence-corrected chi connectivity index (χ1v) is 8.01. The van der Waals surface area contributed by atoms with Crippen molar-refractivity contribution in [3.8, 4) is 5.75 Å². The molecular weight excluding hydrogens is 378 g/mol. The Labute approximate surface area is 147 Å². The van der Waals surface area contributed by atoms with Crippen molar-refractivity contribution >= 4 is 33.5 Å². The highest BCUT2D eigenvalue weighted by molar-refractivity contribution is 9.10. The number of aliphatic carboxylic acids is 1. The zero-order valence-corrected chi connectivity index (χ0v) is 15.1. The monoisotopic (exact) mass is 395 g/mol. The molecule has 1 heterocycles. The highest BCUT2D eigenvalue weighted by atomic mass is 79.9. The Balaban J connectivity index is 2.03. The van der Waals surface area contributed by atoms with E-state index in [1.54, 1.807) is 13.0 Å². The second kappa shape index (κ2) is 7.04. The lowest BCUT2D eigenvalue weighted by atomic mass is 10.1. The minimum atomic E-state index is -1.21. The quantitative estimate of drug-likeness (QED) is 0.783. The molecule has 2 aromatic rings. The van der Waals surface area contributed by atoms with Crippen molar-refractivity contribution in [1.82, 2.24) is 9.78 Å². The average Bonchev–Trinajstić information content (AvgIpc) is 2.98. The van der Waals surface area contributed by atoms with E-state index in [0.29, 0.717) is 11.4 Å². The topological polar surface area (TPSA) is 93.5 Å². The number of ether oxygens (including phenoxy) is 1. The molecule has 1 atom stereocenters. The summed E-state index contributed by atoms with van der Waals surface area (Å²) in [6.07, 6.45) is 2.13. The van der Waals surface area contributed by atoms with Gasteiger partial charge in [0.15, 0.2) is 11.6 Å². The van der Waals surface area contributed by atoms with E-state index in [2.05, 4.69) is 26.3 Å². The van der Waals surface area contributed by atoms with Crippen molar-refractivity contribution in [3.63, 3.8) is 0 Å². The molecule has 2 N–H and O–H groups in total. The molecule has 0 radical (unpaired) electrons. The number of carbonyl (C=O) groups is 2. The number of anilines is 1. The Morgan fingerprint density at radius 3 is 2.67 bits per heavy atom. The zero-order chi connectivity index (χ0) is 17.9. The Bertz CT molecular complexity index is 757. The molecule has 1 aromatic heterocycles. The molecule has 8 heteroatoms. The molecule has 0 saturated carbocycles. The smallest absolute Gasteiger partial charge is 0.331 e. The minimum Gasteiger partial charge on any atom is -0.480 e. The Kier molecular flexibility index (Phi) is 5.28. The van der Waals surface area contributed by atoms with Crippen LogP contribution >= 0.6 is 15.9 Å². The summed E-state index contributed by atoms with van der Waals surface area (Å²) in [5.41, 5.74) is -0.808. The molecule has 0 aliphatic heterocycles. The molecule has 1 amide bonds. The lowest BCUT2D eigenvalue weighted by molar-refractivity contribution is -0.146. The maximum absolute atomic E-state index is 12.2. The molecule has 0 saturated heterocycles. The number of amides is 1. The van der Waals surface area contributed by atoms with Crippen LogP contribution in [0, 0.1) is 0 Å². The number of benzene rings is 1. The lowest BCUT2D eigenvalue weighted by Gasteiger charge is -2.19. The van der Waals surface area contributed by atoms with E-state index in [1.807, 2.05) is 18.2 Å². The molecule has 0 spiro atoms. The fraction of sp³-hybridized carbons (Fsp3) is 0.312. The van der Waals surface area contributed by atoms with Crippen molar-refractivity contribution < 1.29 is 19.4 Å². The fourth-order valence-corrected chi connectivity index (χ4v) is 2.20. The number of carboxylic acid groups (broad SMARTS) is 1. The molecule has 24 heavy (non-hydrogen) atoms. The molecule has 1 aromatic carbocycles. The first kappa shape index (κ1) is 18.0. The number of aromatic nitrogens is 2. The van der Waals surface area contributed by atoms with Crippen LogP contribution in [-0.2, 0) is 15.1 Å². The van der Waals surface area contributed by atoms with E-state index in [0.717, 1.165) is 4.47 Å². The number of nitrogens with zero attached hydrogens (tertiary/aromatic N) is 2. The standard InChI is InChI=1S/C16H18BrN3O4/c1-10(24-13-7-5-4-6-12(13)17)14(21)19-11-8-18-20(9-11)16(2,3)15(22)23/h4-10H,1-3H3,(H,19,21)(H,22,23). The number of carbonyl (C=O) groups excluding carboxylic acids is 1. The van der Waals surface area contributed by atoms with Crippen LogP contribution in [0.25, 0.3) is 0 Å². The van der Waals surface area contributed by atoms with Gasteiger partial charge in [0.2, 0.25) is 0 Å². The molecule has 0 aliphatic carbocycles. The molecule has 7 nitrogen and oxygen atoms in total. The number of rotatable bonds is 6. The lowest BCUT2D eigenvalue weighted by Crippen LogP contribution is -2.36.